The van der Waals surface area contributed by atoms with E-state index in [1.807, 2.05) is 6.92 Å². The number of hydrogen-bond acceptors (Lipinski definition) is 3. The Morgan fingerprint density at radius 2 is 1.65 bits per heavy atom. The standard InChI is InChI=1S/C15H31N3O2/c1-6-13(7-2)18-15(20)12(5)16-9-8-14(19)17-10-11(3)4/h11-13,16H,6-10H2,1-5H3,(H,17,19)(H,18,20). The second-order valence-electron chi connectivity index (χ2n) is 5.65. The van der Waals surface area contributed by atoms with Gasteiger partial charge in [-0.25, -0.2) is 0 Å². The maximum absolute atomic E-state index is 11.9. The minimum atomic E-state index is -0.270. The first-order valence-electron chi connectivity index (χ1n) is 7.71. The first-order valence-corrected chi connectivity index (χ1v) is 7.71. The quantitative estimate of drug-likeness (QED) is 0.569. The number of hydrogen-bond donors (Lipinski definition) is 3. The zero-order chi connectivity index (χ0) is 15.5. The topological polar surface area (TPSA) is 70.2 Å². The summed E-state index contributed by atoms with van der Waals surface area (Å²) >= 11 is 0. The monoisotopic (exact) mass is 285 g/mol. The van der Waals surface area contributed by atoms with Crippen LogP contribution < -0.4 is 16.0 Å². The molecule has 3 N–H and O–H groups in total. The van der Waals surface area contributed by atoms with Gasteiger partial charge in [0.15, 0.2) is 0 Å². The summed E-state index contributed by atoms with van der Waals surface area (Å²) in [6.45, 7) is 11.3. The zero-order valence-corrected chi connectivity index (χ0v) is 13.6. The molecule has 0 aliphatic heterocycles. The van der Waals surface area contributed by atoms with Crippen LogP contribution in [-0.2, 0) is 9.59 Å². The van der Waals surface area contributed by atoms with Crippen LogP contribution in [0.15, 0.2) is 0 Å². The number of nitrogens with one attached hydrogen (secondary N) is 3. The van der Waals surface area contributed by atoms with Gasteiger partial charge in [-0.15, -0.1) is 0 Å². The van der Waals surface area contributed by atoms with Crippen molar-refractivity contribution in [3.8, 4) is 0 Å². The average molecular weight is 285 g/mol. The second kappa shape index (κ2) is 10.7. The van der Waals surface area contributed by atoms with Gasteiger partial charge < -0.3 is 16.0 Å². The summed E-state index contributed by atoms with van der Waals surface area (Å²) in [5.74, 6) is 0.483. The number of amides is 2. The average Bonchev–Trinajstić information content (AvgIpc) is 2.41. The molecule has 0 aliphatic rings. The van der Waals surface area contributed by atoms with Crippen molar-refractivity contribution in [3.63, 3.8) is 0 Å². The van der Waals surface area contributed by atoms with Gasteiger partial charge in [0.1, 0.15) is 0 Å². The maximum atomic E-state index is 11.9. The Morgan fingerprint density at radius 1 is 1.05 bits per heavy atom. The SMILES string of the molecule is CCC(CC)NC(=O)C(C)NCCC(=O)NCC(C)C. The van der Waals surface area contributed by atoms with E-state index in [9.17, 15) is 9.59 Å². The first-order chi connectivity index (χ1) is 9.40. The molecule has 1 unspecified atom stereocenters. The van der Waals surface area contributed by atoms with Crippen LogP contribution in [0.4, 0.5) is 0 Å². The van der Waals surface area contributed by atoms with Crippen LogP contribution in [0.25, 0.3) is 0 Å². The van der Waals surface area contributed by atoms with E-state index >= 15 is 0 Å². The molecule has 0 aromatic heterocycles. The molecule has 5 heteroatoms. The van der Waals surface area contributed by atoms with E-state index in [4.69, 9.17) is 0 Å². The summed E-state index contributed by atoms with van der Waals surface area (Å²) in [7, 11) is 0. The van der Waals surface area contributed by atoms with E-state index in [-0.39, 0.29) is 23.9 Å². The largest absolute Gasteiger partial charge is 0.356 e. The second-order valence-corrected chi connectivity index (χ2v) is 5.65. The van der Waals surface area contributed by atoms with Crippen LogP contribution in [-0.4, -0.2) is 37.0 Å². The Balaban J connectivity index is 3.84. The molecular weight excluding hydrogens is 254 g/mol. The molecule has 0 radical (unpaired) electrons. The molecule has 0 bridgehead atoms. The van der Waals surface area contributed by atoms with Crippen molar-refractivity contribution in [1.29, 1.82) is 0 Å². The highest BCUT2D eigenvalue weighted by Gasteiger charge is 2.15. The van der Waals surface area contributed by atoms with E-state index in [2.05, 4.69) is 43.6 Å². The van der Waals surface area contributed by atoms with Gasteiger partial charge >= 0.3 is 0 Å². The molecule has 0 fully saturated rings. The molecule has 0 rings (SSSR count). The molecular formula is C15H31N3O2. The van der Waals surface area contributed by atoms with E-state index in [0.29, 0.717) is 25.4 Å². The van der Waals surface area contributed by atoms with Crippen molar-refractivity contribution < 1.29 is 9.59 Å². The van der Waals surface area contributed by atoms with Gasteiger partial charge in [0, 0.05) is 25.6 Å². The molecule has 0 aliphatic carbocycles. The van der Waals surface area contributed by atoms with Crippen LogP contribution in [0.5, 0.6) is 0 Å². The Kier molecular flexibility index (Phi) is 10.1. The predicted molar refractivity (Wildman–Crippen MR) is 82.4 cm³/mol. The lowest BCUT2D eigenvalue weighted by molar-refractivity contribution is -0.124. The lowest BCUT2D eigenvalue weighted by atomic mass is 10.1. The van der Waals surface area contributed by atoms with Crippen molar-refractivity contribution in [2.24, 2.45) is 5.92 Å². The molecule has 0 heterocycles. The van der Waals surface area contributed by atoms with Gasteiger partial charge in [0.2, 0.25) is 11.8 Å². The fourth-order valence-electron chi connectivity index (χ4n) is 1.72. The van der Waals surface area contributed by atoms with Crippen LogP contribution >= 0.6 is 0 Å². The van der Waals surface area contributed by atoms with Crippen molar-refractivity contribution >= 4 is 11.8 Å². The molecule has 5 nitrogen and oxygen atoms in total. The van der Waals surface area contributed by atoms with Gasteiger partial charge in [-0.3, -0.25) is 9.59 Å². The molecule has 0 aromatic carbocycles. The summed E-state index contributed by atoms with van der Waals surface area (Å²) < 4.78 is 0. The Hall–Kier alpha value is -1.10. The predicted octanol–water partition coefficient (Wildman–Crippen LogP) is 1.43. The lowest BCUT2D eigenvalue weighted by Crippen LogP contribution is -2.46. The first kappa shape index (κ1) is 18.9. The molecule has 0 aromatic rings. The summed E-state index contributed by atoms with van der Waals surface area (Å²) in [5, 5.41) is 8.93. The van der Waals surface area contributed by atoms with E-state index in [1.165, 1.54) is 0 Å². The van der Waals surface area contributed by atoms with Gasteiger partial charge in [-0.05, 0) is 25.7 Å². The van der Waals surface area contributed by atoms with Crippen molar-refractivity contribution in [3.05, 3.63) is 0 Å². The normalized spacial score (nSPS) is 12.6. The number of carbonyl (C=O) groups excluding carboxylic acids is 2. The Morgan fingerprint density at radius 3 is 2.15 bits per heavy atom. The Labute approximate surface area is 123 Å². The van der Waals surface area contributed by atoms with Crippen molar-refractivity contribution in [1.82, 2.24) is 16.0 Å². The molecule has 0 saturated carbocycles. The van der Waals surface area contributed by atoms with Crippen LogP contribution in [0.2, 0.25) is 0 Å². The van der Waals surface area contributed by atoms with Crippen molar-refractivity contribution in [2.45, 2.75) is 66.0 Å². The molecule has 0 spiro atoms. The molecule has 118 valence electrons. The maximum Gasteiger partial charge on any atom is 0.237 e. The molecule has 1 atom stereocenters. The van der Waals surface area contributed by atoms with Crippen LogP contribution in [0.3, 0.4) is 0 Å². The highest BCUT2D eigenvalue weighted by molar-refractivity contribution is 5.81. The number of rotatable bonds is 10. The van der Waals surface area contributed by atoms with Gasteiger partial charge in [-0.2, -0.15) is 0 Å². The van der Waals surface area contributed by atoms with E-state index in [1.54, 1.807) is 0 Å². The minimum absolute atomic E-state index is 0.00119. The summed E-state index contributed by atoms with van der Waals surface area (Å²) in [5.41, 5.74) is 0. The van der Waals surface area contributed by atoms with Gasteiger partial charge in [-0.1, -0.05) is 27.7 Å². The Bertz CT molecular complexity index is 289. The van der Waals surface area contributed by atoms with Gasteiger partial charge in [0.05, 0.1) is 6.04 Å². The van der Waals surface area contributed by atoms with Gasteiger partial charge in [0.25, 0.3) is 0 Å². The third-order valence-electron chi connectivity index (χ3n) is 3.24. The molecule has 20 heavy (non-hydrogen) atoms. The van der Waals surface area contributed by atoms with E-state index < -0.39 is 0 Å². The van der Waals surface area contributed by atoms with Crippen molar-refractivity contribution in [2.75, 3.05) is 13.1 Å². The fraction of sp³-hybridized carbons (Fsp3) is 0.867. The number of carbonyl (C=O) groups is 2. The van der Waals surface area contributed by atoms with Crippen LogP contribution in [0, 0.1) is 5.92 Å². The molecule has 2 amide bonds. The lowest BCUT2D eigenvalue weighted by Gasteiger charge is -2.19. The summed E-state index contributed by atoms with van der Waals surface area (Å²) in [4.78, 5) is 23.4. The minimum Gasteiger partial charge on any atom is -0.356 e. The fourth-order valence-corrected chi connectivity index (χ4v) is 1.72. The third-order valence-corrected chi connectivity index (χ3v) is 3.24. The summed E-state index contributed by atoms with van der Waals surface area (Å²) in [6, 6.07) is -0.0328. The molecule has 0 saturated heterocycles. The highest BCUT2D eigenvalue weighted by Crippen LogP contribution is 1.97. The van der Waals surface area contributed by atoms with Crippen LogP contribution in [0.1, 0.15) is 53.9 Å². The highest BCUT2D eigenvalue weighted by atomic mass is 16.2. The third kappa shape index (κ3) is 8.91. The summed E-state index contributed by atoms with van der Waals surface area (Å²) in [6.07, 6.45) is 2.27. The zero-order valence-electron chi connectivity index (χ0n) is 13.6. The smallest absolute Gasteiger partial charge is 0.237 e. The van der Waals surface area contributed by atoms with E-state index in [0.717, 1.165) is 12.8 Å².